The van der Waals surface area contributed by atoms with Crippen LogP contribution in [-0.4, -0.2) is 26.8 Å². The van der Waals surface area contributed by atoms with Crippen molar-refractivity contribution in [2.75, 3.05) is 11.1 Å². The number of rotatable bonds is 5. The number of halogens is 2. The summed E-state index contributed by atoms with van der Waals surface area (Å²) >= 11 is 12.8. The fourth-order valence-corrected chi connectivity index (χ4v) is 2.98. The predicted octanol–water partition coefficient (Wildman–Crippen LogP) is 3.87. The van der Waals surface area contributed by atoms with Gasteiger partial charge in [0.2, 0.25) is 5.91 Å². The fraction of sp³-hybridized carbons (Fsp3) is 0.0588. The summed E-state index contributed by atoms with van der Waals surface area (Å²) in [5, 5.41) is 11.6. The van der Waals surface area contributed by atoms with Crippen LogP contribution in [-0.2, 0) is 4.79 Å². The van der Waals surface area contributed by atoms with E-state index in [0.717, 1.165) is 11.8 Å². The SMILES string of the molecule is O=C(CSc1nnc(-c2ccccc2)c(=O)[nH]1)Nc1ccc(Cl)c(Cl)c1. The third-order valence-electron chi connectivity index (χ3n) is 3.27. The average Bonchev–Trinajstić information content (AvgIpc) is 2.64. The first-order valence-electron chi connectivity index (χ1n) is 7.43. The molecule has 3 aromatic rings. The summed E-state index contributed by atoms with van der Waals surface area (Å²) in [5.41, 5.74) is 1.08. The van der Waals surface area contributed by atoms with Crippen LogP contribution in [0.1, 0.15) is 0 Å². The van der Waals surface area contributed by atoms with E-state index in [-0.39, 0.29) is 28.1 Å². The Morgan fingerprint density at radius 2 is 1.85 bits per heavy atom. The molecular weight excluding hydrogens is 395 g/mol. The van der Waals surface area contributed by atoms with Gasteiger partial charge in [-0.1, -0.05) is 65.3 Å². The molecule has 2 aromatic carbocycles. The number of hydrogen-bond acceptors (Lipinski definition) is 5. The molecule has 0 radical (unpaired) electrons. The van der Waals surface area contributed by atoms with E-state index < -0.39 is 0 Å². The number of nitrogens with zero attached hydrogens (tertiary/aromatic N) is 2. The second-order valence-corrected chi connectivity index (χ2v) is 6.92. The zero-order valence-electron chi connectivity index (χ0n) is 13.2. The van der Waals surface area contributed by atoms with Gasteiger partial charge in [-0.15, -0.1) is 10.2 Å². The highest BCUT2D eigenvalue weighted by Crippen LogP contribution is 2.25. The highest BCUT2D eigenvalue weighted by atomic mass is 35.5. The van der Waals surface area contributed by atoms with E-state index in [1.807, 2.05) is 18.2 Å². The first kappa shape index (κ1) is 18.4. The molecule has 6 nitrogen and oxygen atoms in total. The summed E-state index contributed by atoms with van der Waals surface area (Å²) < 4.78 is 0. The Hall–Kier alpha value is -2.35. The Bertz CT molecular complexity index is 996. The van der Waals surface area contributed by atoms with Gasteiger partial charge in [0.05, 0.1) is 15.8 Å². The molecule has 0 spiro atoms. The highest BCUT2D eigenvalue weighted by Gasteiger charge is 2.10. The quantitative estimate of drug-likeness (QED) is 0.627. The third kappa shape index (κ3) is 4.63. The van der Waals surface area contributed by atoms with Crippen molar-refractivity contribution in [1.29, 1.82) is 0 Å². The van der Waals surface area contributed by atoms with Gasteiger partial charge in [0.1, 0.15) is 0 Å². The number of carbonyl (C=O) groups excluding carboxylic acids is 1. The molecule has 9 heteroatoms. The number of amides is 1. The maximum atomic E-state index is 12.1. The summed E-state index contributed by atoms with van der Waals surface area (Å²) in [6.45, 7) is 0. The summed E-state index contributed by atoms with van der Waals surface area (Å²) in [7, 11) is 0. The molecule has 26 heavy (non-hydrogen) atoms. The zero-order valence-corrected chi connectivity index (χ0v) is 15.5. The number of aromatic nitrogens is 3. The molecule has 0 aliphatic carbocycles. The predicted molar refractivity (Wildman–Crippen MR) is 104 cm³/mol. The molecule has 1 aromatic heterocycles. The van der Waals surface area contributed by atoms with E-state index in [1.165, 1.54) is 0 Å². The minimum Gasteiger partial charge on any atom is -0.325 e. The van der Waals surface area contributed by atoms with Gasteiger partial charge in [0, 0.05) is 11.3 Å². The van der Waals surface area contributed by atoms with E-state index in [2.05, 4.69) is 20.5 Å². The lowest BCUT2D eigenvalue weighted by atomic mass is 10.2. The second-order valence-electron chi connectivity index (χ2n) is 5.14. The zero-order chi connectivity index (χ0) is 18.5. The number of H-pyrrole nitrogens is 1. The topological polar surface area (TPSA) is 87.7 Å². The van der Waals surface area contributed by atoms with Crippen molar-refractivity contribution in [3.8, 4) is 11.3 Å². The van der Waals surface area contributed by atoms with Crippen molar-refractivity contribution in [2.45, 2.75) is 5.16 Å². The Balaban J connectivity index is 1.62. The number of aromatic amines is 1. The molecule has 0 unspecified atom stereocenters. The van der Waals surface area contributed by atoms with Crippen LogP contribution in [0.4, 0.5) is 5.69 Å². The Morgan fingerprint density at radius 3 is 2.54 bits per heavy atom. The lowest BCUT2D eigenvalue weighted by Gasteiger charge is -2.06. The molecule has 132 valence electrons. The normalized spacial score (nSPS) is 10.5. The first-order valence-corrected chi connectivity index (χ1v) is 9.17. The summed E-state index contributed by atoms with van der Waals surface area (Å²) in [6, 6.07) is 13.8. The molecule has 0 saturated heterocycles. The first-order chi connectivity index (χ1) is 12.5. The van der Waals surface area contributed by atoms with Crippen molar-refractivity contribution in [2.24, 2.45) is 0 Å². The molecule has 0 aliphatic heterocycles. The van der Waals surface area contributed by atoms with Crippen LogP contribution in [0.2, 0.25) is 10.0 Å². The van der Waals surface area contributed by atoms with Crippen molar-refractivity contribution < 1.29 is 4.79 Å². The van der Waals surface area contributed by atoms with Crippen LogP contribution < -0.4 is 10.9 Å². The van der Waals surface area contributed by atoms with Gasteiger partial charge in [-0.2, -0.15) is 0 Å². The molecule has 1 heterocycles. The molecule has 1 amide bonds. The summed E-state index contributed by atoms with van der Waals surface area (Å²) in [5.74, 6) is -0.224. The molecule has 0 saturated carbocycles. The van der Waals surface area contributed by atoms with Gasteiger partial charge >= 0.3 is 0 Å². The van der Waals surface area contributed by atoms with E-state index >= 15 is 0 Å². The Morgan fingerprint density at radius 1 is 1.08 bits per heavy atom. The van der Waals surface area contributed by atoms with Crippen LogP contribution in [0.15, 0.2) is 58.5 Å². The van der Waals surface area contributed by atoms with Crippen LogP contribution >= 0.6 is 35.0 Å². The minimum atomic E-state index is -0.362. The smallest absolute Gasteiger partial charge is 0.278 e. The number of nitrogens with one attached hydrogen (secondary N) is 2. The van der Waals surface area contributed by atoms with Crippen molar-refractivity contribution in [3.05, 3.63) is 68.9 Å². The van der Waals surface area contributed by atoms with Gasteiger partial charge in [0.15, 0.2) is 10.9 Å². The van der Waals surface area contributed by atoms with Crippen molar-refractivity contribution >= 4 is 46.6 Å². The lowest BCUT2D eigenvalue weighted by molar-refractivity contribution is -0.113. The average molecular weight is 407 g/mol. The van der Waals surface area contributed by atoms with Gasteiger partial charge in [-0.25, -0.2) is 0 Å². The van der Waals surface area contributed by atoms with Crippen LogP contribution in [0.25, 0.3) is 11.3 Å². The standard InChI is InChI=1S/C17H12Cl2N4O2S/c18-12-7-6-11(8-13(12)19)20-14(24)9-26-17-21-16(25)15(22-23-17)10-4-2-1-3-5-10/h1-8H,9H2,(H,20,24)(H,21,23,25). The molecular formula is C17H12Cl2N4O2S. The van der Waals surface area contributed by atoms with Gasteiger partial charge < -0.3 is 5.32 Å². The maximum absolute atomic E-state index is 12.1. The third-order valence-corrected chi connectivity index (χ3v) is 4.87. The van der Waals surface area contributed by atoms with Crippen molar-refractivity contribution in [1.82, 2.24) is 15.2 Å². The number of hydrogen-bond donors (Lipinski definition) is 2. The molecule has 0 atom stereocenters. The largest absolute Gasteiger partial charge is 0.325 e. The van der Waals surface area contributed by atoms with Crippen LogP contribution in [0.5, 0.6) is 0 Å². The summed E-state index contributed by atoms with van der Waals surface area (Å²) in [6.07, 6.45) is 0. The lowest BCUT2D eigenvalue weighted by Crippen LogP contribution is -2.17. The van der Waals surface area contributed by atoms with E-state index in [4.69, 9.17) is 23.2 Å². The van der Waals surface area contributed by atoms with E-state index in [9.17, 15) is 9.59 Å². The molecule has 0 fully saturated rings. The van der Waals surface area contributed by atoms with Crippen LogP contribution in [0, 0.1) is 0 Å². The Kier molecular flexibility index (Phi) is 5.92. The Labute approximate surface area is 163 Å². The molecule has 0 bridgehead atoms. The highest BCUT2D eigenvalue weighted by molar-refractivity contribution is 7.99. The van der Waals surface area contributed by atoms with Gasteiger partial charge in [-0.3, -0.25) is 14.6 Å². The number of carbonyl (C=O) groups is 1. The molecule has 3 rings (SSSR count). The number of thioether (sulfide) groups is 1. The molecule has 0 aliphatic rings. The maximum Gasteiger partial charge on any atom is 0.278 e. The molecule has 2 N–H and O–H groups in total. The monoisotopic (exact) mass is 406 g/mol. The van der Waals surface area contributed by atoms with E-state index in [0.29, 0.717) is 21.3 Å². The van der Waals surface area contributed by atoms with Crippen LogP contribution in [0.3, 0.4) is 0 Å². The van der Waals surface area contributed by atoms with E-state index in [1.54, 1.807) is 30.3 Å². The van der Waals surface area contributed by atoms with Crippen molar-refractivity contribution in [3.63, 3.8) is 0 Å². The summed E-state index contributed by atoms with van der Waals surface area (Å²) in [4.78, 5) is 26.8. The minimum absolute atomic E-state index is 0.0511. The second kappa shape index (κ2) is 8.35. The number of benzene rings is 2. The number of anilines is 1. The van der Waals surface area contributed by atoms with Gasteiger partial charge in [0.25, 0.3) is 5.56 Å². The fourth-order valence-electron chi connectivity index (χ4n) is 2.08. The van der Waals surface area contributed by atoms with Gasteiger partial charge in [-0.05, 0) is 18.2 Å².